The van der Waals surface area contributed by atoms with Crippen molar-refractivity contribution in [2.45, 2.75) is 0 Å². The van der Waals surface area contributed by atoms with Crippen LogP contribution in [0.15, 0.2) is 78.9 Å². The minimum Gasteiger partial charge on any atom is -0.710 e. The van der Waals surface area contributed by atoms with E-state index in [0.717, 1.165) is 15.0 Å². The zero-order chi connectivity index (χ0) is 20.4. The third-order valence-corrected chi connectivity index (χ3v) is 4.78. The summed E-state index contributed by atoms with van der Waals surface area (Å²) in [5, 5.41) is 24.6. The van der Waals surface area contributed by atoms with Crippen LogP contribution in [0.3, 0.4) is 0 Å². The zero-order valence-corrected chi connectivity index (χ0v) is 16.1. The highest BCUT2D eigenvalue weighted by molar-refractivity contribution is 5.79. The SMILES string of the molecule is COc1ccc(-c2n(O)c(-c3ccccc3)c(-c3ccccc3)[n+]2[O-])c(OC)c1. The lowest BCUT2D eigenvalue weighted by molar-refractivity contribution is -0.582. The van der Waals surface area contributed by atoms with Gasteiger partial charge < -0.3 is 19.9 Å². The van der Waals surface area contributed by atoms with Gasteiger partial charge in [-0.15, -0.1) is 0 Å². The van der Waals surface area contributed by atoms with E-state index in [2.05, 4.69) is 0 Å². The molecule has 6 heteroatoms. The number of imidazole rings is 1. The number of hydrogen-bond donors (Lipinski definition) is 1. The molecule has 29 heavy (non-hydrogen) atoms. The highest BCUT2D eigenvalue weighted by Crippen LogP contribution is 2.37. The number of benzene rings is 3. The van der Waals surface area contributed by atoms with Crippen LogP contribution in [0.1, 0.15) is 0 Å². The van der Waals surface area contributed by atoms with Gasteiger partial charge >= 0.3 is 5.82 Å². The Bertz CT molecular complexity index is 1080. The molecule has 1 heterocycles. The third-order valence-electron chi connectivity index (χ3n) is 4.78. The van der Waals surface area contributed by atoms with Gasteiger partial charge in [0.25, 0.3) is 0 Å². The van der Waals surface area contributed by atoms with Crippen LogP contribution in [-0.2, 0) is 0 Å². The van der Waals surface area contributed by atoms with Gasteiger partial charge in [0.1, 0.15) is 17.1 Å². The van der Waals surface area contributed by atoms with Gasteiger partial charge in [0.2, 0.25) is 5.69 Å². The van der Waals surface area contributed by atoms with E-state index in [1.54, 1.807) is 25.3 Å². The van der Waals surface area contributed by atoms with Crippen molar-refractivity contribution in [2.24, 2.45) is 0 Å². The summed E-state index contributed by atoms with van der Waals surface area (Å²) in [5.41, 5.74) is 2.62. The van der Waals surface area contributed by atoms with Crippen LogP contribution < -0.4 is 14.2 Å². The molecular formula is C23H20N2O4. The summed E-state index contributed by atoms with van der Waals surface area (Å²) in [6.45, 7) is 0. The van der Waals surface area contributed by atoms with Crippen LogP contribution in [-0.4, -0.2) is 24.2 Å². The molecule has 0 saturated carbocycles. The maximum absolute atomic E-state index is 13.5. The quantitative estimate of drug-likeness (QED) is 0.313. The molecular weight excluding hydrogens is 368 g/mol. The van der Waals surface area contributed by atoms with Crippen LogP contribution >= 0.6 is 0 Å². The summed E-state index contributed by atoms with van der Waals surface area (Å²) < 4.78 is 12.4. The maximum atomic E-state index is 13.5. The van der Waals surface area contributed by atoms with Gasteiger partial charge in [-0.25, -0.2) is 4.73 Å². The number of ether oxygens (including phenoxy) is 2. The van der Waals surface area contributed by atoms with E-state index in [4.69, 9.17) is 9.47 Å². The first-order chi connectivity index (χ1) is 14.2. The largest absolute Gasteiger partial charge is 0.710 e. The molecule has 0 bridgehead atoms. The molecule has 0 aliphatic heterocycles. The molecule has 0 unspecified atom stereocenters. The van der Waals surface area contributed by atoms with Crippen LogP contribution in [0.25, 0.3) is 33.9 Å². The van der Waals surface area contributed by atoms with E-state index < -0.39 is 0 Å². The molecule has 6 nitrogen and oxygen atoms in total. The van der Waals surface area contributed by atoms with Crippen molar-refractivity contribution < 1.29 is 19.4 Å². The Balaban J connectivity index is 2.04. The Morgan fingerprint density at radius 2 is 1.45 bits per heavy atom. The highest BCUT2D eigenvalue weighted by atomic mass is 16.5. The molecule has 1 aromatic heterocycles. The Labute approximate surface area is 168 Å². The van der Waals surface area contributed by atoms with Gasteiger partial charge in [-0.2, -0.15) is 0 Å². The average Bonchev–Trinajstić information content (AvgIpc) is 3.04. The normalized spacial score (nSPS) is 10.7. The molecule has 0 spiro atoms. The van der Waals surface area contributed by atoms with E-state index in [9.17, 15) is 10.4 Å². The number of hydrogen-bond acceptors (Lipinski definition) is 4. The summed E-state index contributed by atoms with van der Waals surface area (Å²) in [5.74, 6) is 1.06. The molecule has 0 aliphatic carbocycles. The lowest BCUT2D eigenvalue weighted by Gasteiger charge is -2.10. The number of methoxy groups -OCH3 is 2. The van der Waals surface area contributed by atoms with Gasteiger partial charge in [-0.1, -0.05) is 60.7 Å². The Morgan fingerprint density at radius 1 is 0.828 bits per heavy atom. The Hall–Kier alpha value is -3.93. The second-order valence-electron chi connectivity index (χ2n) is 6.43. The Kier molecular flexibility index (Phi) is 4.83. The van der Waals surface area contributed by atoms with Crippen molar-refractivity contribution in [3.05, 3.63) is 84.1 Å². The summed E-state index contributed by atoms with van der Waals surface area (Å²) in [7, 11) is 3.06. The maximum Gasteiger partial charge on any atom is 0.336 e. The summed E-state index contributed by atoms with van der Waals surface area (Å²) in [6, 6.07) is 23.7. The van der Waals surface area contributed by atoms with Crippen molar-refractivity contribution >= 4 is 0 Å². The molecule has 4 aromatic rings. The minimum absolute atomic E-state index is 0.0576. The van der Waals surface area contributed by atoms with E-state index >= 15 is 0 Å². The van der Waals surface area contributed by atoms with E-state index in [1.165, 1.54) is 7.11 Å². The molecule has 1 N–H and O–H groups in total. The minimum atomic E-state index is 0.0576. The molecule has 0 saturated heterocycles. The molecule has 0 atom stereocenters. The van der Waals surface area contributed by atoms with Crippen molar-refractivity contribution in [3.63, 3.8) is 0 Å². The van der Waals surface area contributed by atoms with Crippen LogP contribution in [0.2, 0.25) is 0 Å². The molecule has 0 aliphatic rings. The second kappa shape index (κ2) is 7.59. The van der Waals surface area contributed by atoms with Crippen LogP contribution in [0, 0.1) is 5.21 Å². The fraction of sp³-hybridized carbons (Fsp3) is 0.0870. The standard InChI is InChI=1S/C23H20N2O4/c1-28-18-13-14-19(20(15-18)29-2)23-24(26)21(16-9-5-3-6-10-16)22(25(23)27)17-11-7-4-8-12-17/h3-15,26H,1-2H3. The lowest BCUT2D eigenvalue weighted by atomic mass is 10.1. The van der Waals surface area contributed by atoms with Crippen molar-refractivity contribution in [1.29, 1.82) is 0 Å². The molecule has 0 radical (unpaired) electrons. The van der Waals surface area contributed by atoms with E-state index in [1.807, 2.05) is 60.7 Å². The average molecular weight is 388 g/mol. The molecule has 0 fully saturated rings. The fourth-order valence-electron chi connectivity index (χ4n) is 3.41. The van der Waals surface area contributed by atoms with Gasteiger partial charge in [-0.05, 0) is 16.9 Å². The monoisotopic (exact) mass is 388 g/mol. The fourth-order valence-corrected chi connectivity index (χ4v) is 3.41. The Morgan fingerprint density at radius 3 is 2.03 bits per heavy atom. The molecule has 4 rings (SSSR count). The summed E-state index contributed by atoms with van der Waals surface area (Å²) in [6.07, 6.45) is 0. The summed E-state index contributed by atoms with van der Waals surface area (Å²) in [4.78, 5) is 0. The van der Waals surface area contributed by atoms with Gasteiger partial charge in [0.05, 0.1) is 14.2 Å². The van der Waals surface area contributed by atoms with E-state index in [0.29, 0.717) is 34.0 Å². The number of nitrogens with zero attached hydrogens (tertiary/aromatic N) is 2. The highest BCUT2D eigenvalue weighted by Gasteiger charge is 2.32. The molecule has 3 aromatic carbocycles. The first-order valence-electron chi connectivity index (χ1n) is 9.06. The number of rotatable bonds is 5. The van der Waals surface area contributed by atoms with Gasteiger partial charge in [0, 0.05) is 17.2 Å². The second-order valence-corrected chi connectivity index (χ2v) is 6.43. The summed E-state index contributed by atoms with van der Waals surface area (Å²) >= 11 is 0. The first kappa shape index (κ1) is 18.4. The van der Waals surface area contributed by atoms with E-state index in [-0.39, 0.29) is 5.82 Å². The predicted molar refractivity (Wildman–Crippen MR) is 110 cm³/mol. The van der Waals surface area contributed by atoms with Gasteiger partial charge in [-0.3, -0.25) is 0 Å². The lowest BCUT2D eigenvalue weighted by Crippen LogP contribution is -2.30. The van der Waals surface area contributed by atoms with Crippen molar-refractivity contribution in [2.75, 3.05) is 14.2 Å². The van der Waals surface area contributed by atoms with Crippen LogP contribution in [0.5, 0.6) is 11.5 Å². The first-order valence-corrected chi connectivity index (χ1v) is 9.06. The van der Waals surface area contributed by atoms with Crippen molar-refractivity contribution in [3.8, 4) is 45.4 Å². The van der Waals surface area contributed by atoms with Crippen molar-refractivity contribution in [1.82, 2.24) is 4.73 Å². The molecule has 146 valence electrons. The predicted octanol–water partition coefficient (Wildman–Crippen LogP) is 4.38. The molecule has 0 amide bonds. The smallest absolute Gasteiger partial charge is 0.336 e. The number of aromatic nitrogens is 2. The third kappa shape index (κ3) is 3.14. The van der Waals surface area contributed by atoms with Gasteiger partial charge in [0.15, 0.2) is 5.69 Å². The van der Waals surface area contributed by atoms with Crippen LogP contribution in [0.4, 0.5) is 0 Å². The topological polar surface area (TPSA) is 70.6 Å². The zero-order valence-electron chi connectivity index (χ0n) is 16.1.